The first-order valence-electron chi connectivity index (χ1n) is 5.90. The second kappa shape index (κ2) is 4.63. The van der Waals surface area contributed by atoms with Crippen molar-refractivity contribution in [2.45, 2.75) is 0 Å². The van der Waals surface area contributed by atoms with Gasteiger partial charge in [-0.3, -0.25) is 0 Å². The second-order valence-corrected chi connectivity index (χ2v) is 4.14. The summed E-state index contributed by atoms with van der Waals surface area (Å²) in [6, 6.07) is 17.9. The van der Waals surface area contributed by atoms with Gasteiger partial charge in [-0.2, -0.15) is 0 Å². The molecule has 0 N–H and O–H groups in total. The highest BCUT2D eigenvalue weighted by molar-refractivity contribution is 5.92. The Balaban J connectivity index is 2.28. The average molecular weight is 268 g/mol. The Hall–Kier alpha value is -2.93. The van der Waals surface area contributed by atoms with E-state index in [2.05, 4.69) is 15.5 Å². The zero-order valence-electron chi connectivity index (χ0n) is 10.3. The molecule has 0 unspecified atom stereocenters. The normalized spacial score (nSPS) is 15.9. The van der Waals surface area contributed by atoms with Gasteiger partial charge in [0.2, 0.25) is 0 Å². The minimum atomic E-state index is -0.556. The van der Waals surface area contributed by atoms with Crippen LogP contribution in [0.15, 0.2) is 76.2 Å². The lowest BCUT2D eigenvalue weighted by molar-refractivity contribution is -0.360. The van der Waals surface area contributed by atoms with Crippen LogP contribution in [-0.4, -0.2) is 10.9 Å². The molecule has 0 spiro atoms. The highest BCUT2D eigenvalue weighted by Crippen LogP contribution is 2.38. The Labute approximate surface area is 114 Å². The predicted molar refractivity (Wildman–Crippen MR) is 73.6 cm³/mol. The van der Waals surface area contributed by atoms with Crippen molar-refractivity contribution >= 4 is 17.3 Å². The molecule has 1 aliphatic rings. The first-order valence-corrected chi connectivity index (χ1v) is 5.90. The van der Waals surface area contributed by atoms with Crippen LogP contribution in [0.4, 0.5) is 11.4 Å². The van der Waals surface area contributed by atoms with E-state index in [0.29, 0.717) is 11.4 Å². The smallest absolute Gasteiger partial charge is 0.354 e. The molecule has 0 saturated carbocycles. The van der Waals surface area contributed by atoms with Crippen LogP contribution < -0.4 is 4.59 Å². The molecule has 0 aliphatic carbocycles. The van der Waals surface area contributed by atoms with E-state index in [1.54, 1.807) is 48.5 Å². The molecular weight excluding hydrogens is 258 g/mol. The van der Waals surface area contributed by atoms with E-state index in [1.807, 2.05) is 12.1 Å². The third-order valence-corrected chi connectivity index (χ3v) is 3.02. The molecule has 0 saturated heterocycles. The summed E-state index contributed by atoms with van der Waals surface area (Å²) < 4.78 is -0.464. The number of nitrogens with zero attached hydrogens (tertiary/aromatic N) is 5. The lowest BCUT2D eigenvalue weighted by atomic mass is 10.2. The Morgan fingerprint density at radius 2 is 1.40 bits per heavy atom. The number of para-hydroxylation sites is 2. The van der Waals surface area contributed by atoms with Crippen LogP contribution in [0.3, 0.4) is 0 Å². The zero-order chi connectivity index (χ0) is 14.0. The lowest BCUT2D eigenvalue weighted by Crippen LogP contribution is -2.46. The first-order chi connectivity index (χ1) is 9.75. The number of hydrogen-bond donors (Lipinski definition) is 0. The van der Waals surface area contributed by atoms with E-state index in [0.717, 1.165) is 0 Å². The molecule has 1 aliphatic heterocycles. The Kier molecular flexibility index (Phi) is 2.81. The van der Waals surface area contributed by atoms with Crippen LogP contribution in [0, 0.1) is 10.1 Å². The van der Waals surface area contributed by atoms with Gasteiger partial charge in [0.05, 0.1) is 5.22 Å². The van der Waals surface area contributed by atoms with Crippen molar-refractivity contribution in [3.63, 3.8) is 0 Å². The topological polar surface area (TPSA) is 80.2 Å². The molecule has 2 aromatic carbocycles. The van der Waals surface area contributed by atoms with Gasteiger partial charge in [-0.05, 0) is 0 Å². The van der Waals surface area contributed by atoms with Crippen molar-refractivity contribution < 1.29 is 4.92 Å². The molecule has 2 aromatic rings. The van der Waals surface area contributed by atoms with Crippen LogP contribution in [0.5, 0.6) is 0 Å². The second-order valence-electron chi connectivity index (χ2n) is 4.14. The van der Waals surface area contributed by atoms with Gasteiger partial charge < -0.3 is 10.1 Å². The van der Waals surface area contributed by atoms with E-state index in [1.165, 1.54) is 0 Å². The van der Waals surface area contributed by atoms with E-state index in [-0.39, 0.29) is 5.96 Å². The fourth-order valence-corrected chi connectivity index (χ4v) is 2.15. The van der Waals surface area contributed by atoms with Gasteiger partial charge in [-0.25, -0.2) is 0 Å². The summed E-state index contributed by atoms with van der Waals surface area (Å²) >= 11 is 0. The number of hydrogen-bond acceptors (Lipinski definition) is 5. The maximum Gasteiger partial charge on any atom is 0.603 e. The summed E-state index contributed by atoms with van der Waals surface area (Å²) in [5, 5.41) is 22.5. The highest BCUT2D eigenvalue weighted by atomic mass is 16.6. The summed E-state index contributed by atoms with van der Waals surface area (Å²) in [6.07, 6.45) is 0. The quantitative estimate of drug-likeness (QED) is 0.476. The molecule has 0 atom stereocenters. The van der Waals surface area contributed by atoms with Gasteiger partial charge in [0.15, 0.2) is 16.5 Å². The maximum absolute atomic E-state index is 11.3. The van der Waals surface area contributed by atoms with Crippen molar-refractivity contribution in [3.8, 4) is 0 Å². The summed E-state index contributed by atoms with van der Waals surface area (Å²) in [5.41, 5.74) is 1.21. The average Bonchev–Trinajstić information content (AvgIpc) is 2.95. The van der Waals surface area contributed by atoms with E-state index in [4.69, 9.17) is 0 Å². The van der Waals surface area contributed by atoms with Gasteiger partial charge in [0.1, 0.15) is 5.22 Å². The van der Waals surface area contributed by atoms with Crippen LogP contribution in [-0.2, 0) is 0 Å². The molecule has 7 heteroatoms. The van der Waals surface area contributed by atoms with Gasteiger partial charge in [-0.1, -0.05) is 36.4 Å². The van der Waals surface area contributed by atoms with Crippen LogP contribution >= 0.6 is 0 Å². The van der Waals surface area contributed by atoms with E-state index < -0.39 is 9.52 Å². The molecule has 0 radical (unpaired) electrons. The first kappa shape index (κ1) is 12.1. The molecule has 20 heavy (non-hydrogen) atoms. The molecule has 98 valence electrons. The lowest BCUT2D eigenvalue weighted by Gasteiger charge is -2.20. The summed E-state index contributed by atoms with van der Waals surface area (Å²) in [7, 11) is 0. The number of quaternary nitrogens is 1. The minimum absolute atomic E-state index is 0.345. The van der Waals surface area contributed by atoms with Crippen molar-refractivity contribution in [1.82, 2.24) is 4.59 Å². The summed E-state index contributed by atoms with van der Waals surface area (Å²) in [6.45, 7) is 0. The van der Waals surface area contributed by atoms with Gasteiger partial charge >= 0.3 is 5.96 Å². The largest absolute Gasteiger partial charge is 0.603 e. The Morgan fingerprint density at radius 1 is 0.900 bits per heavy atom. The SMILES string of the molecule is O=[N+]([O-])C1=NN=N[N+]1(c1ccccc1)c1ccccc1. The molecule has 0 bridgehead atoms. The van der Waals surface area contributed by atoms with Gasteiger partial charge in [0.25, 0.3) is 0 Å². The third kappa shape index (κ3) is 1.69. The Bertz CT molecular complexity index is 658. The standard InChI is InChI=1S/C13H10N5O2/c19-17(20)13-14-15-16-18(13,11-7-3-1-4-8-11)12-9-5-2-6-10-12/h1-10H/q+1. The number of guanidine groups is 1. The van der Waals surface area contributed by atoms with Crippen LogP contribution in [0.25, 0.3) is 0 Å². The fraction of sp³-hybridized carbons (Fsp3) is 0. The van der Waals surface area contributed by atoms with Crippen molar-refractivity contribution in [2.75, 3.05) is 0 Å². The predicted octanol–water partition coefficient (Wildman–Crippen LogP) is 3.25. The molecule has 7 nitrogen and oxygen atoms in total. The number of rotatable bonds is 2. The zero-order valence-corrected chi connectivity index (χ0v) is 10.3. The number of nitro groups is 1. The van der Waals surface area contributed by atoms with Crippen molar-refractivity contribution in [3.05, 3.63) is 70.8 Å². The molecule has 3 rings (SSSR count). The third-order valence-electron chi connectivity index (χ3n) is 3.02. The van der Waals surface area contributed by atoms with E-state index >= 15 is 0 Å². The molecule has 0 fully saturated rings. The molecule has 1 heterocycles. The van der Waals surface area contributed by atoms with Gasteiger partial charge in [-0.15, -0.1) is 0 Å². The maximum atomic E-state index is 11.3. The minimum Gasteiger partial charge on any atom is -0.354 e. The molecule has 0 amide bonds. The van der Waals surface area contributed by atoms with Crippen molar-refractivity contribution in [1.29, 1.82) is 0 Å². The summed E-state index contributed by atoms with van der Waals surface area (Å²) in [4.78, 5) is 10.7. The molecular formula is C13H10N5O2+. The fourth-order valence-electron chi connectivity index (χ4n) is 2.15. The van der Waals surface area contributed by atoms with Crippen LogP contribution in [0.2, 0.25) is 0 Å². The number of benzene rings is 2. The monoisotopic (exact) mass is 268 g/mol. The van der Waals surface area contributed by atoms with E-state index in [9.17, 15) is 10.1 Å². The van der Waals surface area contributed by atoms with Gasteiger partial charge in [0, 0.05) is 33.8 Å². The summed E-state index contributed by atoms with van der Waals surface area (Å²) in [5.74, 6) is -0.345. The Morgan fingerprint density at radius 3 is 1.85 bits per heavy atom. The molecule has 0 aromatic heterocycles. The highest BCUT2D eigenvalue weighted by Gasteiger charge is 2.55. The van der Waals surface area contributed by atoms with Crippen molar-refractivity contribution in [2.24, 2.45) is 15.5 Å². The van der Waals surface area contributed by atoms with Crippen LogP contribution in [0.1, 0.15) is 0 Å².